The molecule has 0 aliphatic carbocycles. The molecule has 0 aliphatic rings. The number of hydrogen-bond acceptors (Lipinski definition) is 6. The number of thioether (sulfide) groups is 1. The highest BCUT2D eigenvalue weighted by molar-refractivity contribution is 7.99. The van der Waals surface area contributed by atoms with Crippen LogP contribution in [0.25, 0.3) is 33.4 Å². The molecule has 0 aliphatic heterocycles. The number of nitrogens with one attached hydrogen (secondary N) is 3. The third kappa shape index (κ3) is 3.57. The zero-order valence-electron chi connectivity index (χ0n) is 14.5. The van der Waals surface area contributed by atoms with E-state index in [0.29, 0.717) is 22.4 Å². The van der Waals surface area contributed by atoms with Gasteiger partial charge in [-0.05, 0) is 48.4 Å². The fourth-order valence-electron chi connectivity index (χ4n) is 2.93. The van der Waals surface area contributed by atoms with E-state index in [1.165, 1.54) is 18.7 Å². The zero-order chi connectivity index (χ0) is 18.8. The zero-order valence-corrected chi connectivity index (χ0v) is 15.3. The van der Waals surface area contributed by atoms with E-state index in [0.717, 1.165) is 27.6 Å². The summed E-state index contributed by atoms with van der Waals surface area (Å²) in [5, 5.41) is 18.1. The molecular weight excluding hydrogens is 362 g/mol. The fraction of sp³-hybridized carbons (Fsp3) is 0.105. The van der Waals surface area contributed by atoms with Crippen molar-refractivity contribution in [2.45, 2.75) is 12.1 Å². The second-order valence-electron chi connectivity index (χ2n) is 6.11. The number of carbonyl (C=O) groups is 1. The van der Waals surface area contributed by atoms with Crippen molar-refractivity contribution in [1.29, 1.82) is 0 Å². The fourth-order valence-corrected chi connectivity index (χ4v) is 3.53. The van der Waals surface area contributed by atoms with Crippen LogP contribution in [0.4, 0.5) is 5.69 Å². The molecule has 4 rings (SSSR count). The minimum absolute atomic E-state index is 0.0692. The first-order valence-electron chi connectivity index (χ1n) is 8.31. The van der Waals surface area contributed by atoms with E-state index in [-0.39, 0.29) is 5.78 Å². The lowest BCUT2D eigenvalue weighted by atomic mass is 9.99. The molecule has 0 amide bonds. The molecular formula is C19H17N5O2S. The molecule has 0 bridgehead atoms. The summed E-state index contributed by atoms with van der Waals surface area (Å²) < 4.78 is 0. The summed E-state index contributed by atoms with van der Waals surface area (Å²) in [4.78, 5) is 18.8. The molecule has 0 fully saturated rings. The van der Waals surface area contributed by atoms with E-state index in [1.807, 2.05) is 42.6 Å². The number of carbonyl (C=O) groups excluding carboxylic acids is 1. The number of aromatic nitrogens is 4. The van der Waals surface area contributed by atoms with Crippen molar-refractivity contribution >= 4 is 34.1 Å². The Balaban J connectivity index is 1.76. The van der Waals surface area contributed by atoms with Gasteiger partial charge in [0.05, 0.1) is 11.4 Å². The SMILES string of the molecule is CC(=O)CSc1n[nH]c(-c2cc(NO)cc(-c3cccc4[nH]ccc34)c2)n1. The molecule has 7 nitrogen and oxygen atoms in total. The topological polar surface area (TPSA) is 107 Å². The third-order valence-corrected chi connectivity index (χ3v) is 5.10. The Bertz CT molecular complexity index is 1120. The molecule has 2 aromatic carbocycles. The van der Waals surface area contributed by atoms with Gasteiger partial charge < -0.3 is 4.98 Å². The van der Waals surface area contributed by atoms with Crippen molar-refractivity contribution < 1.29 is 10.0 Å². The van der Waals surface area contributed by atoms with E-state index < -0.39 is 0 Å². The van der Waals surface area contributed by atoms with Crippen molar-refractivity contribution in [2.75, 3.05) is 11.2 Å². The number of benzene rings is 2. The van der Waals surface area contributed by atoms with Crippen LogP contribution in [0.5, 0.6) is 0 Å². The lowest BCUT2D eigenvalue weighted by Crippen LogP contribution is -1.93. The van der Waals surface area contributed by atoms with Crippen LogP contribution in [0, 0.1) is 0 Å². The highest BCUT2D eigenvalue weighted by atomic mass is 32.2. The Morgan fingerprint density at radius 2 is 2.07 bits per heavy atom. The molecule has 0 atom stereocenters. The van der Waals surface area contributed by atoms with Gasteiger partial charge >= 0.3 is 0 Å². The van der Waals surface area contributed by atoms with Gasteiger partial charge in [0.1, 0.15) is 5.78 Å². The van der Waals surface area contributed by atoms with Crippen LogP contribution in [0.15, 0.2) is 53.8 Å². The minimum atomic E-state index is 0.0692. The Morgan fingerprint density at radius 3 is 2.89 bits per heavy atom. The van der Waals surface area contributed by atoms with Gasteiger partial charge in [-0.3, -0.25) is 20.6 Å². The summed E-state index contributed by atoms with van der Waals surface area (Å²) in [6, 6.07) is 13.7. The van der Waals surface area contributed by atoms with Crippen LogP contribution in [-0.4, -0.2) is 36.9 Å². The largest absolute Gasteiger partial charge is 0.361 e. The van der Waals surface area contributed by atoms with Gasteiger partial charge in [0.25, 0.3) is 0 Å². The van der Waals surface area contributed by atoms with Gasteiger partial charge in [0, 0.05) is 22.7 Å². The van der Waals surface area contributed by atoms with Crippen LogP contribution in [0.2, 0.25) is 0 Å². The second-order valence-corrected chi connectivity index (χ2v) is 7.06. The van der Waals surface area contributed by atoms with Crippen molar-refractivity contribution in [3.8, 4) is 22.5 Å². The number of H-pyrrole nitrogens is 2. The molecule has 2 aromatic heterocycles. The first-order chi connectivity index (χ1) is 13.1. The lowest BCUT2D eigenvalue weighted by molar-refractivity contribution is -0.114. The maximum Gasteiger partial charge on any atom is 0.209 e. The molecule has 27 heavy (non-hydrogen) atoms. The van der Waals surface area contributed by atoms with E-state index in [2.05, 4.69) is 25.6 Å². The number of Topliss-reactive ketones (excluding diaryl/α,β-unsaturated/α-hetero) is 1. The standard InChI is InChI=1S/C19H17N5O2S/c1-11(25)10-27-19-21-18(22-23-19)13-7-12(8-14(9-13)24-26)15-3-2-4-17-16(15)5-6-20-17/h2-9,20,24,26H,10H2,1H3,(H,21,22,23). The van der Waals surface area contributed by atoms with Gasteiger partial charge in [-0.15, -0.1) is 5.10 Å². The molecule has 0 saturated heterocycles. The minimum Gasteiger partial charge on any atom is -0.361 e. The van der Waals surface area contributed by atoms with Gasteiger partial charge in [0.15, 0.2) is 5.82 Å². The molecule has 4 N–H and O–H groups in total. The molecule has 0 radical (unpaired) electrons. The maximum atomic E-state index is 11.1. The smallest absolute Gasteiger partial charge is 0.209 e. The summed E-state index contributed by atoms with van der Waals surface area (Å²) in [6.07, 6.45) is 1.90. The summed E-state index contributed by atoms with van der Waals surface area (Å²) in [5.74, 6) is 0.969. The predicted molar refractivity (Wildman–Crippen MR) is 106 cm³/mol. The number of ketones is 1. The molecule has 0 saturated carbocycles. The van der Waals surface area contributed by atoms with Gasteiger partial charge in [-0.1, -0.05) is 23.9 Å². The third-order valence-electron chi connectivity index (χ3n) is 4.11. The summed E-state index contributed by atoms with van der Waals surface area (Å²) >= 11 is 1.29. The van der Waals surface area contributed by atoms with E-state index in [9.17, 15) is 10.0 Å². The highest BCUT2D eigenvalue weighted by Gasteiger charge is 2.12. The van der Waals surface area contributed by atoms with Crippen LogP contribution in [0.3, 0.4) is 0 Å². The highest BCUT2D eigenvalue weighted by Crippen LogP contribution is 2.33. The Hall–Kier alpha value is -3.10. The Morgan fingerprint density at radius 1 is 1.22 bits per heavy atom. The van der Waals surface area contributed by atoms with Gasteiger partial charge in [0.2, 0.25) is 5.16 Å². The van der Waals surface area contributed by atoms with Crippen molar-refractivity contribution in [3.63, 3.8) is 0 Å². The average Bonchev–Trinajstić information content (AvgIpc) is 3.35. The van der Waals surface area contributed by atoms with E-state index in [1.54, 1.807) is 6.07 Å². The van der Waals surface area contributed by atoms with Crippen LogP contribution < -0.4 is 5.48 Å². The van der Waals surface area contributed by atoms with E-state index in [4.69, 9.17) is 0 Å². The first kappa shape index (κ1) is 17.3. The maximum absolute atomic E-state index is 11.1. The molecule has 2 heterocycles. The van der Waals surface area contributed by atoms with Crippen LogP contribution in [0.1, 0.15) is 6.92 Å². The number of aromatic amines is 2. The first-order valence-corrected chi connectivity index (χ1v) is 9.29. The number of rotatable bonds is 6. The monoisotopic (exact) mass is 379 g/mol. The average molecular weight is 379 g/mol. The lowest BCUT2D eigenvalue weighted by Gasteiger charge is -2.09. The molecule has 0 unspecified atom stereocenters. The number of nitrogens with zero attached hydrogens (tertiary/aromatic N) is 2. The van der Waals surface area contributed by atoms with Crippen molar-refractivity contribution in [3.05, 3.63) is 48.7 Å². The number of anilines is 1. The quantitative estimate of drug-likeness (QED) is 0.297. The Labute approximate surface area is 159 Å². The second kappa shape index (κ2) is 7.26. The van der Waals surface area contributed by atoms with Crippen LogP contribution in [-0.2, 0) is 4.79 Å². The Kier molecular flexibility index (Phi) is 4.66. The molecule has 0 spiro atoms. The molecule has 8 heteroatoms. The van der Waals surface area contributed by atoms with Crippen LogP contribution >= 0.6 is 11.8 Å². The predicted octanol–water partition coefficient (Wildman–Crippen LogP) is 4.10. The molecule has 136 valence electrons. The van der Waals surface area contributed by atoms with Crippen molar-refractivity contribution in [1.82, 2.24) is 20.2 Å². The number of hydrogen-bond donors (Lipinski definition) is 4. The number of fused-ring (bicyclic) bond motifs is 1. The molecule has 4 aromatic rings. The summed E-state index contributed by atoms with van der Waals surface area (Å²) in [5.41, 5.74) is 6.55. The van der Waals surface area contributed by atoms with Crippen molar-refractivity contribution in [2.24, 2.45) is 0 Å². The summed E-state index contributed by atoms with van der Waals surface area (Å²) in [7, 11) is 0. The summed E-state index contributed by atoms with van der Waals surface area (Å²) in [6.45, 7) is 1.53. The van der Waals surface area contributed by atoms with Gasteiger partial charge in [-0.25, -0.2) is 4.98 Å². The van der Waals surface area contributed by atoms with Gasteiger partial charge in [-0.2, -0.15) is 0 Å². The normalized spacial score (nSPS) is 11.0. The van der Waals surface area contributed by atoms with E-state index >= 15 is 0 Å².